The Labute approximate surface area is 113 Å². The molecule has 1 aliphatic rings. The van der Waals surface area contributed by atoms with Gasteiger partial charge < -0.3 is 14.6 Å². The van der Waals surface area contributed by atoms with Crippen LogP contribution in [0.4, 0.5) is 0 Å². The van der Waals surface area contributed by atoms with Crippen LogP contribution in [0.1, 0.15) is 32.1 Å². The molecule has 0 unspecified atom stereocenters. The Morgan fingerprint density at radius 2 is 1.53 bits per heavy atom. The van der Waals surface area contributed by atoms with Gasteiger partial charge in [-0.25, -0.2) is 0 Å². The molecule has 0 aromatic rings. The number of ether oxygens (including phenoxy) is 2. The Hall–Kier alpha value is -1.14. The molecular formula is C13H23NO5. The average Bonchev–Trinajstić information content (AvgIpc) is 2.38. The van der Waals surface area contributed by atoms with Crippen LogP contribution in [-0.2, 0) is 19.1 Å². The number of nitrogens with zero attached hydrogens (tertiary/aromatic N) is 1. The molecule has 0 bridgehead atoms. The number of hydrogen-bond donors (Lipinski definition) is 1. The van der Waals surface area contributed by atoms with Gasteiger partial charge >= 0.3 is 11.9 Å². The quantitative estimate of drug-likeness (QED) is 0.703. The molecule has 0 aliphatic heterocycles. The molecule has 1 aliphatic carbocycles. The maximum Gasteiger partial charge on any atom is 0.319 e. The molecule has 0 atom stereocenters. The van der Waals surface area contributed by atoms with E-state index in [-0.39, 0.29) is 19.6 Å². The standard InChI is InChI=1S/C13H23NO5/c1-18-11(15)8-14(9-12(16)19-2)10-13(17)6-4-3-5-7-13/h17H,3-10H2,1-2H3. The van der Waals surface area contributed by atoms with Crippen LogP contribution in [0.5, 0.6) is 0 Å². The number of aliphatic hydroxyl groups is 1. The molecule has 1 fully saturated rings. The predicted molar refractivity (Wildman–Crippen MR) is 68.5 cm³/mol. The van der Waals surface area contributed by atoms with Gasteiger partial charge in [0.1, 0.15) is 0 Å². The molecule has 1 saturated carbocycles. The molecule has 6 nitrogen and oxygen atoms in total. The maximum atomic E-state index is 11.3. The van der Waals surface area contributed by atoms with Crippen molar-refractivity contribution in [2.45, 2.75) is 37.7 Å². The molecule has 0 aromatic carbocycles. The van der Waals surface area contributed by atoms with Gasteiger partial charge in [0.15, 0.2) is 0 Å². The highest BCUT2D eigenvalue weighted by atomic mass is 16.5. The number of rotatable bonds is 6. The van der Waals surface area contributed by atoms with Crippen molar-refractivity contribution in [2.75, 3.05) is 33.9 Å². The molecular weight excluding hydrogens is 250 g/mol. The first kappa shape index (κ1) is 15.9. The second kappa shape index (κ2) is 7.45. The molecule has 0 amide bonds. The number of esters is 2. The molecule has 1 rings (SSSR count). The summed E-state index contributed by atoms with van der Waals surface area (Å²) >= 11 is 0. The fraction of sp³-hybridized carbons (Fsp3) is 0.846. The highest BCUT2D eigenvalue weighted by Gasteiger charge is 2.32. The predicted octanol–water partition coefficient (Wildman–Crippen LogP) is 0.330. The minimum Gasteiger partial charge on any atom is -0.468 e. The van der Waals surface area contributed by atoms with Crippen molar-refractivity contribution in [2.24, 2.45) is 0 Å². The third kappa shape index (κ3) is 5.57. The summed E-state index contributed by atoms with van der Waals surface area (Å²) in [6.07, 6.45) is 4.47. The molecule has 1 N–H and O–H groups in total. The van der Waals surface area contributed by atoms with Crippen LogP contribution < -0.4 is 0 Å². The number of hydrogen-bond acceptors (Lipinski definition) is 6. The number of methoxy groups -OCH3 is 2. The van der Waals surface area contributed by atoms with Crippen LogP contribution in [0.15, 0.2) is 0 Å². The fourth-order valence-electron chi connectivity index (χ4n) is 2.45. The number of carbonyl (C=O) groups is 2. The lowest BCUT2D eigenvalue weighted by Gasteiger charge is -2.36. The highest BCUT2D eigenvalue weighted by Crippen LogP contribution is 2.28. The second-order valence-electron chi connectivity index (χ2n) is 5.08. The lowest BCUT2D eigenvalue weighted by atomic mass is 9.84. The molecule has 0 heterocycles. The van der Waals surface area contributed by atoms with Gasteiger partial charge in [-0.1, -0.05) is 19.3 Å². The number of carbonyl (C=O) groups excluding carboxylic acids is 2. The molecule has 110 valence electrons. The molecule has 0 spiro atoms. The third-order valence-electron chi connectivity index (χ3n) is 3.46. The zero-order chi connectivity index (χ0) is 14.3. The van der Waals surface area contributed by atoms with Gasteiger partial charge in [-0.3, -0.25) is 14.5 Å². The van der Waals surface area contributed by atoms with Gasteiger partial charge in [-0.05, 0) is 12.8 Å². The average molecular weight is 273 g/mol. The van der Waals surface area contributed by atoms with Gasteiger partial charge in [0.2, 0.25) is 0 Å². The lowest BCUT2D eigenvalue weighted by Crippen LogP contribution is -2.48. The smallest absolute Gasteiger partial charge is 0.319 e. The van der Waals surface area contributed by atoms with Crippen molar-refractivity contribution in [3.63, 3.8) is 0 Å². The van der Waals surface area contributed by atoms with Crippen molar-refractivity contribution in [1.82, 2.24) is 4.90 Å². The first-order chi connectivity index (χ1) is 8.99. The van der Waals surface area contributed by atoms with E-state index in [1.165, 1.54) is 14.2 Å². The molecule has 0 radical (unpaired) electrons. The van der Waals surface area contributed by atoms with Crippen molar-refractivity contribution < 1.29 is 24.2 Å². The van der Waals surface area contributed by atoms with E-state index in [2.05, 4.69) is 9.47 Å². The second-order valence-corrected chi connectivity index (χ2v) is 5.08. The van der Waals surface area contributed by atoms with E-state index in [0.29, 0.717) is 12.8 Å². The first-order valence-corrected chi connectivity index (χ1v) is 6.57. The Balaban J connectivity index is 2.60. The Bertz CT molecular complexity index is 294. The van der Waals surface area contributed by atoms with E-state index < -0.39 is 17.5 Å². The lowest BCUT2D eigenvalue weighted by molar-refractivity contribution is -0.147. The van der Waals surface area contributed by atoms with Crippen LogP contribution in [0.3, 0.4) is 0 Å². The van der Waals surface area contributed by atoms with Crippen molar-refractivity contribution in [1.29, 1.82) is 0 Å². The Morgan fingerprint density at radius 3 is 1.95 bits per heavy atom. The van der Waals surface area contributed by atoms with E-state index in [4.69, 9.17) is 0 Å². The van der Waals surface area contributed by atoms with E-state index in [1.807, 2.05) is 0 Å². The molecule has 6 heteroatoms. The van der Waals surface area contributed by atoms with Gasteiger partial charge in [-0.15, -0.1) is 0 Å². The topological polar surface area (TPSA) is 76.1 Å². The SMILES string of the molecule is COC(=O)CN(CC(=O)OC)CC1(O)CCCCC1. The minimum atomic E-state index is -0.819. The summed E-state index contributed by atoms with van der Waals surface area (Å²) in [4.78, 5) is 24.3. The molecule has 0 aromatic heterocycles. The molecule has 0 saturated heterocycles. The van der Waals surface area contributed by atoms with Crippen molar-refractivity contribution in [3.05, 3.63) is 0 Å². The minimum absolute atomic E-state index is 0.0199. The van der Waals surface area contributed by atoms with Crippen molar-refractivity contribution >= 4 is 11.9 Å². The zero-order valence-corrected chi connectivity index (χ0v) is 11.7. The summed E-state index contributed by atoms with van der Waals surface area (Å²) in [7, 11) is 2.60. The van der Waals surface area contributed by atoms with Crippen LogP contribution in [0, 0.1) is 0 Å². The van der Waals surface area contributed by atoms with Gasteiger partial charge in [0, 0.05) is 6.54 Å². The summed E-state index contributed by atoms with van der Waals surface area (Å²) in [6.45, 7) is 0.249. The van der Waals surface area contributed by atoms with Gasteiger partial charge in [0.25, 0.3) is 0 Å². The van der Waals surface area contributed by atoms with Crippen LogP contribution >= 0.6 is 0 Å². The van der Waals surface area contributed by atoms with Gasteiger partial charge in [-0.2, -0.15) is 0 Å². The Morgan fingerprint density at radius 1 is 1.05 bits per heavy atom. The monoisotopic (exact) mass is 273 g/mol. The molecule has 19 heavy (non-hydrogen) atoms. The third-order valence-corrected chi connectivity index (χ3v) is 3.46. The van der Waals surface area contributed by atoms with E-state index in [0.717, 1.165) is 19.3 Å². The van der Waals surface area contributed by atoms with Crippen LogP contribution in [0.2, 0.25) is 0 Å². The highest BCUT2D eigenvalue weighted by molar-refractivity contribution is 5.74. The van der Waals surface area contributed by atoms with E-state index in [1.54, 1.807) is 4.90 Å². The van der Waals surface area contributed by atoms with Crippen LogP contribution in [0.25, 0.3) is 0 Å². The summed E-state index contributed by atoms with van der Waals surface area (Å²) in [6, 6.07) is 0. The summed E-state index contributed by atoms with van der Waals surface area (Å²) in [5.74, 6) is -0.855. The largest absolute Gasteiger partial charge is 0.468 e. The normalized spacial score (nSPS) is 18.1. The first-order valence-electron chi connectivity index (χ1n) is 6.57. The van der Waals surface area contributed by atoms with E-state index in [9.17, 15) is 14.7 Å². The fourth-order valence-corrected chi connectivity index (χ4v) is 2.45. The van der Waals surface area contributed by atoms with Crippen molar-refractivity contribution in [3.8, 4) is 0 Å². The summed E-state index contributed by atoms with van der Waals surface area (Å²) < 4.78 is 9.21. The zero-order valence-electron chi connectivity index (χ0n) is 11.7. The summed E-state index contributed by atoms with van der Waals surface area (Å²) in [5, 5.41) is 10.5. The van der Waals surface area contributed by atoms with E-state index >= 15 is 0 Å². The van der Waals surface area contributed by atoms with Crippen LogP contribution in [-0.4, -0.2) is 61.4 Å². The Kier molecular flexibility index (Phi) is 6.24. The maximum absolute atomic E-state index is 11.3. The summed E-state index contributed by atoms with van der Waals surface area (Å²) in [5.41, 5.74) is -0.819. The van der Waals surface area contributed by atoms with Gasteiger partial charge in [0.05, 0.1) is 32.9 Å².